The molecule has 1 aromatic carbocycles. The molecule has 0 radical (unpaired) electrons. The molecule has 1 amide bonds. The molecule has 0 aliphatic carbocycles. The summed E-state index contributed by atoms with van der Waals surface area (Å²) >= 11 is 9.10. The summed E-state index contributed by atoms with van der Waals surface area (Å²) in [6, 6.07) is 1.52. The Hall–Kier alpha value is -1.74. The first-order chi connectivity index (χ1) is 12.3. The zero-order valence-corrected chi connectivity index (χ0v) is 16.1. The van der Waals surface area contributed by atoms with E-state index in [-0.39, 0.29) is 26.9 Å². The van der Waals surface area contributed by atoms with Crippen LogP contribution in [0.1, 0.15) is 12.8 Å². The zero-order chi connectivity index (χ0) is 18.6. The second-order valence-electron chi connectivity index (χ2n) is 6.59. The van der Waals surface area contributed by atoms with Gasteiger partial charge in [0.25, 0.3) is 0 Å². The number of piperidine rings is 1. The predicted molar refractivity (Wildman–Crippen MR) is 95.5 cm³/mol. The van der Waals surface area contributed by atoms with Crippen molar-refractivity contribution < 1.29 is 18.3 Å². The largest absolute Gasteiger partial charge is 0.441 e. The van der Waals surface area contributed by atoms with Crippen LogP contribution in [-0.4, -0.2) is 53.2 Å². The summed E-state index contributed by atoms with van der Waals surface area (Å²) in [6.45, 7) is 1.50. The van der Waals surface area contributed by atoms with Crippen molar-refractivity contribution in [1.82, 2.24) is 14.9 Å². The lowest BCUT2D eigenvalue weighted by molar-refractivity contribution is 0.0366. The molecule has 0 atom stereocenters. The standard InChI is InChI=1S/C16H14BrClF2N4O2/c1-23-7-16(26-15(23)25)2-4-24(5-3-16)13-8-6-9(18)10(17)11(19)12(8)21-14(20)22-13/h6H,2-5,7H2,1H3. The third-order valence-electron chi connectivity index (χ3n) is 4.89. The minimum absolute atomic E-state index is 0.0363. The molecule has 0 N–H and O–H groups in total. The van der Waals surface area contributed by atoms with Crippen LogP contribution in [0.15, 0.2) is 10.5 Å². The number of hydrogen-bond acceptors (Lipinski definition) is 5. The van der Waals surface area contributed by atoms with Gasteiger partial charge in [-0.25, -0.2) is 9.18 Å². The molecule has 26 heavy (non-hydrogen) atoms. The van der Waals surface area contributed by atoms with Gasteiger partial charge < -0.3 is 14.5 Å². The number of ether oxygens (including phenoxy) is 1. The third kappa shape index (κ3) is 2.77. The van der Waals surface area contributed by atoms with Crippen LogP contribution in [0.4, 0.5) is 19.4 Å². The van der Waals surface area contributed by atoms with E-state index in [4.69, 9.17) is 16.3 Å². The lowest BCUT2D eigenvalue weighted by Crippen LogP contribution is -2.47. The number of carbonyl (C=O) groups excluding carboxylic acids is 1. The van der Waals surface area contributed by atoms with E-state index in [1.807, 2.05) is 4.90 Å². The molecule has 0 bridgehead atoms. The lowest BCUT2D eigenvalue weighted by Gasteiger charge is -2.38. The van der Waals surface area contributed by atoms with Gasteiger partial charge in [-0.3, -0.25) is 0 Å². The number of anilines is 1. The summed E-state index contributed by atoms with van der Waals surface area (Å²) in [4.78, 5) is 22.5. The monoisotopic (exact) mass is 446 g/mol. The number of hydrogen-bond donors (Lipinski definition) is 0. The summed E-state index contributed by atoms with van der Waals surface area (Å²) in [5, 5.41) is 0.500. The summed E-state index contributed by atoms with van der Waals surface area (Å²) in [5.41, 5.74) is -0.661. The average Bonchev–Trinajstić information content (AvgIpc) is 2.87. The van der Waals surface area contributed by atoms with Gasteiger partial charge in [-0.2, -0.15) is 14.4 Å². The van der Waals surface area contributed by atoms with Crippen molar-refractivity contribution in [2.45, 2.75) is 18.4 Å². The van der Waals surface area contributed by atoms with Gasteiger partial charge in [0, 0.05) is 38.4 Å². The fourth-order valence-electron chi connectivity index (χ4n) is 3.55. The maximum absolute atomic E-state index is 14.4. The fraction of sp³-hybridized carbons (Fsp3) is 0.438. The molecule has 2 saturated heterocycles. The van der Waals surface area contributed by atoms with Crippen LogP contribution in [0.2, 0.25) is 5.02 Å². The van der Waals surface area contributed by atoms with Gasteiger partial charge in [0.05, 0.1) is 16.0 Å². The number of carbonyl (C=O) groups is 1. The molecule has 0 unspecified atom stereocenters. The Morgan fingerprint density at radius 2 is 2.00 bits per heavy atom. The van der Waals surface area contributed by atoms with Gasteiger partial charge in [-0.05, 0) is 22.0 Å². The van der Waals surface area contributed by atoms with Gasteiger partial charge in [0.1, 0.15) is 16.9 Å². The lowest BCUT2D eigenvalue weighted by atomic mass is 9.91. The molecular formula is C16H14BrClF2N4O2. The van der Waals surface area contributed by atoms with Crippen molar-refractivity contribution in [2.75, 3.05) is 31.6 Å². The van der Waals surface area contributed by atoms with Crippen molar-refractivity contribution in [3.63, 3.8) is 0 Å². The van der Waals surface area contributed by atoms with Gasteiger partial charge in [0.2, 0.25) is 0 Å². The minimum atomic E-state index is -1.01. The zero-order valence-electron chi connectivity index (χ0n) is 13.7. The molecule has 2 aliphatic heterocycles. The fourth-order valence-corrected chi connectivity index (χ4v) is 4.04. The van der Waals surface area contributed by atoms with Crippen LogP contribution in [-0.2, 0) is 4.74 Å². The molecule has 138 valence electrons. The second kappa shape index (κ2) is 6.16. The maximum atomic E-state index is 14.4. The van der Waals surface area contributed by atoms with E-state index >= 15 is 0 Å². The molecule has 0 saturated carbocycles. The van der Waals surface area contributed by atoms with Crippen molar-refractivity contribution in [3.05, 3.63) is 27.5 Å². The van der Waals surface area contributed by atoms with E-state index < -0.39 is 17.5 Å². The quantitative estimate of drug-likeness (QED) is 0.492. The molecular weight excluding hydrogens is 434 g/mol. The number of nitrogens with zero attached hydrogens (tertiary/aromatic N) is 4. The highest BCUT2D eigenvalue weighted by atomic mass is 79.9. The van der Waals surface area contributed by atoms with E-state index in [1.54, 1.807) is 11.9 Å². The highest BCUT2D eigenvalue weighted by Gasteiger charge is 2.46. The van der Waals surface area contributed by atoms with E-state index in [2.05, 4.69) is 25.9 Å². The number of fused-ring (bicyclic) bond motifs is 1. The Balaban J connectivity index is 1.69. The highest BCUT2D eigenvalue weighted by Crippen LogP contribution is 2.38. The van der Waals surface area contributed by atoms with Crippen molar-refractivity contribution in [1.29, 1.82) is 0 Å². The van der Waals surface area contributed by atoms with Gasteiger partial charge in [-0.15, -0.1) is 0 Å². The first-order valence-electron chi connectivity index (χ1n) is 7.99. The van der Waals surface area contributed by atoms with E-state index in [1.165, 1.54) is 6.07 Å². The van der Waals surface area contributed by atoms with Crippen LogP contribution in [0.25, 0.3) is 10.9 Å². The van der Waals surface area contributed by atoms with Crippen LogP contribution < -0.4 is 4.90 Å². The van der Waals surface area contributed by atoms with Gasteiger partial charge in [0.15, 0.2) is 5.82 Å². The predicted octanol–water partition coefficient (Wildman–Crippen LogP) is 3.74. The second-order valence-corrected chi connectivity index (χ2v) is 7.79. The first kappa shape index (κ1) is 17.7. The topological polar surface area (TPSA) is 58.6 Å². The summed E-state index contributed by atoms with van der Waals surface area (Å²) < 4.78 is 33.9. The number of amides is 1. The Morgan fingerprint density at radius 1 is 1.31 bits per heavy atom. The van der Waals surface area contributed by atoms with E-state index in [9.17, 15) is 13.6 Å². The SMILES string of the molecule is CN1CC2(CCN(c3nc(F)nc4c(F)c(Br)c(Cl)cc34)CC2)OC1=O. The molecule has 4 rings (SSSR count). The number of halogens is 4. The molecule has 2 aliphatic rings. The highest BCUT2D eigenvalue weighted by molar-refractivity contribution is 9.10. The van der Waals surface area contributed by atoms with Gasteiger partial charge in [-0.1, -0.05) is 11.6 Å². The Morgan fingerprint density at radius 3 is 2.62 bits per heavy atom. The number of benzene rings is 1. The molecule has 1 spiro atoms. The minimum Gasteiger partial charge on any atom is -0.441 e. The molecule has 2 aromatic rings. The van der Waals surface area contributed by atoms with Crippen LogP contribution in [0, 0.1) is 11.9 Å². The van der Waals surface area contributed by atoms with E-state index in [0.717, 1.165) is 0 Å². The number of rotatable bonds is 1. The summed E-state index contributed by atoms with van der Waals surface area (Å²) in [5.74, 6) is -0.441. The van der Waals surface area contributed by atoms with Gasteiger partial charge >= 0.3 is 12.2 Å². The molecule has 1 aromatic heterocycles. The van der Waals surface area contributed by atoms with Crippen molar-refractivity contribution >= 4 is 50.3 Å². The molecule has 2 fully saturated rings. The number of likely N-dealkylation sites (N-methyl/N-ethyl adjacent to an activating group) is 1. The maximum Gasteiger partial charge on any atom is 0.410 e. The van der Waals surface area contributed by atoms with Crippen molar-refractivity contribution in [3.8, 4) is 0 Å². The molecule has 6 nitrogen and oxygen atoms in total. The molecule has 10 heteroatoms. The summed E-state index contributed by atoms with van der Waals surface area (Å²) in [7, 11) is 1.69. The third-order valence-corrected chi connectivity index (χ3v) is 6.20. The Kier molecular flexibility index (Phi) is 4.18. The first-order valence-corrected chi connectivity index (χ1v) is 9.16. The van der Waals surface area contributed by atoms with Crippen molar-refractivity contribution in [2.24, 2.45) is 0 Å². The Bertz CT molecular complexity index is 921. The number of aromatic nitrogens is 2. The Labute approximate surface area is 161 Å². The van der Waals surface area contributed by atoms with Crippen LogP contribution in [0.5, 0.6) is 0 Å². The normalized spacial score (nSPS) is 19.5. The average molecular weight is 448 g/mol. The smallest absolute Gasteiger partial charge is 0.410 e. The van der Waals surface area contributed by atoms with E-state index in [0.29, 0.717) is 37.9 Å². The van der Waals surface area contributed by atoms with Crippen LogP contribution >= 0.6 is 27.5 Å². The molecule has 3 heterocycles. The van der Waals surface area contributed by atoms with Crippen LogP contribution in [0.3, 0.4) is 0 Å². The summed E-state index contributed by atoms with van der Waals surface area (Å²) in [6.07, 6.45) is -0.199.